The van der Waals surface area contributed by atoms with Gasteiger partial charge in [0.1, 0.15) is 5.69 Å². The lowest BCUT2D eigenvalue weighted by atomic mass is 10.2. The Kier molecular flexibility index (Phi) is 5.47. The first-order valence-electron chi connectivity index (χ1n) is 7.83. The molecular formula is C17H16BrN5O3. The first-order chi connectivity index (χ1) is 12.5. The monoisotopic (exact) mass is 417 g/mol. The number of nitrogens with one attached hydrogen (secondary N) is 1. The zero-order valence-electron chi connectivity index (χ0n) is 13.7. The minimum Gasteiger partial charge on any atom is -0.481 e. The number of anilines is 1. The summed E-state index contributed by atoms with van der Waals surface area (Å²) in [6, 6.07) is 9.44. The van der Waals surface area contributed by atoms with E-state index in [9.17, 15) is 9.59 Å². The van der Waals surface area contributed by atoms with Gasteiger partial charge in [-0.2, -0.15) is 10.2 Å². The van der Waals surface area contributed by atoms with Crippen molar-refractivity contribution in [2.24, 2.45) is 0 Å². The van der Waals surface area contributed by atoms with Crippen LogP contribution in [0.15, 0.2) is 53.4 Å². The number of aliphatic carboxylic acids is 1. The smallest absolute Gasteiger partial charge is 0.305 e. The number of hydrogen-bond donors (Lipinski definition) is 2. The van der Waals surface area contributed by atoms with Crippen molar-refractivity contribution in [1.29, 1.82) is 0 Å². The van der Waals surface area contributed by atoms with Gasteiger partial charge in [0, 0.05) is 16.9 Å². The number of hydrogen-bond acceptors (Lipinski definition) is 4. The second-order valence-corrected chi connectivity index (χ2v) is 6.51. The molecule has 1 amide bonds. The SMILES string of the molecule is O=C(O)CCn1nccc1C(=O)Nc1cnn(Cc2ccc(Br)cc2)c1. The van der Waals surface area contributed by atoms with E-state index in [-0.39, 0.29) is 18.9 Å². The summed E-state index contributed by atoms with van der Waals surface area (Å²) < 4.78 is 4.10. The lowest BCUT2D eigenvalue weighted by Crippen LogP contribution is -2.18. The van der Waals surface area contributed by atoms with Crippen molar-refractivity contribution in [2.45, 2.75) is 19.5 Å². The molecule has 3 rings (SSSR count). The average molecular weight is 418 g/mol. The molecule has 2 N–H and O–H groups in total. The summed E-state index contributed by atoms with van der Waals surface area (Å²) in [5, 5.41) is 19.7. The van der Waals surface area contributed by atoms with Gasteiger partial charge in [0.2, 0.25) is 0 Å². The van der Waals surface area contributed by atoms with Crippen LogP contribution in [0.4, 0.5) is 5.69 Å². The molecule has 8 nitrogen and oxygen atoms in total. The molecule has 0 fully saturated rings. The molecule has 2 heterocycles. The number of aryl methyl sites for hydroxylation is 1. The maximum absolute atomic E-state index is 12.4. The highest BCUT2D eigenvalue weighted by molar-refractivity contribution is 9.10. The van der Waals surface area contributed by atoms with Crippen molar-refractivity contribution in [3.63, 3.8) is 0 Å². The van der Waals surface area contributed by atoms with Gasteiger partial charge < -0.3 is 10.4 Å². The maximum Gasteiger partial charge on any atom is 0.305 e. The third-order valence-corrected chi connectivity index (χ3v) is 4.16. The van der Waals surface area contributed by atoms with E-state index in [0.717, 1.165) is 10.0 Å². The number of carbonyl (C=O) groups excluding carboxylic acids is 1. The minimum absolute atomic E-state index is 0.104. The number of nitrogens with zero attached hydrogens (tertiary/aromatic N) is 4. The first kappa shape index (κ1) is 17.9. The summed E-state index contributed by atoms with van der Waals surface area (Å²) in [5.41, 5.74) is 1.94. The van der Waals surface area contributed by atoms with Crippen molar-refractivity contribution in [2.75, 3.05) is 5.32 Å². The number of benzene rings is 1. The second kappa shape index (κ2) is 7.96. The summed E-state index contributed by atoms with van der Waals surface area (Å²) >= 11 is 3.40. The Morgan fingerprint density at radius 3 is 2.65 bits per heavy atom. The molecule has 0 spiro atoms. The third-order valence-electron chi connectivity index (χ3n) is 3.64. The Balaban J connectivity index is 1.64. The topological polar surface area (TPSA) is 102 Å². The van der Waals surface area contributed by atoms with Gasteiger partial charge in [-0.3, -0.25) is 19.0 Å². The lowest BCUT2D eigenvalue weighted by molar-refractivity contribution is -0.137. The Morgan fingerprint density at radius 2 is 1.92 bits per heavy atom. The number of carboxylic acids is 1. The zero-order valence-corrected chi connectivity index (χ0v) is 15.3. The van der Waals surface area contributed by atoms with Gasteiger partial charge >= 0.3 is 5.97 Å². The van der Waals surface area contributed by atoms with E-state index in [4.69, 9.17) is 5.11 Å². The third kappa shape index (κ3) is 4.57. The van der Waals surface area contributed by atoms with Crippen LogP contribution in [-0.2, 0) is 17.9 Å². The number of carboxylic acid groups (broad SMARTS) is 1. The van der Waals surface area contributed by atoms with Crippen molar-refractivity contribution in [3.05, 3.63) is 64.7 Å². The molecule has 9 heteroatoms. The van der Waals surface area contributed by atoms with Gasteiger partial charge in [-0.1, -0.05) is 28.1 Å². The number of halogens is 1. The molecule has 1 aromatic carbocycles. The molecule has 134 valence electrons. The van der Waals surface area contributed by atoms with Crippen LogP contribution in [0, 0.1) is 0 Å². The van der Waals surface area contributed by atoms with E-state index >= 15 is 0 Å². The fourth-order valence-electron chi connectivity index (χ4n) is 2.39. The van der Waals surface area contributed by atoms with Gasteiger partial charge in [-0.05, 0) is 23.8 Å². The maximum atomic E-state index is 12.4. The zero-order chi connectivity index (χ0) is 18.5. The number of amides is 1. The molecule has 0 aliphatic heterocycles. The molecule has 0 unspecified atom stereocenters. The van der Waals surface area contributed by atoms with Crippen molar-refractivity contribution >= 4 is 33.5 Å². The molecule has 0 bridgehead atoms. The summed E-state index contributed by atoms with van der Waals surface area (Å²) in [6.45, 7) is 0.716. The van der Waals surface area contributed by atoms with E-state index in [1.807, 2.05) is 24.3 Å². The molecule has 3 aromatic rings. The van der Waals surface area contributed by atoms with Crippen LogP contribution in [0.5, 0.6) is 0 Å². The quantitative estimate of drug-likeness (QED) is 0.614. The van der Waals surface area contributed by atoms with E-state index in [0.29, 0.717) is 17.9 Å². The van der Waals surface area contributed by atoms with E-state index in [1.54, 1.807) is 23.1 Å². The van der Waals surface area contributed by atoms with Crippen LogP contribution < -0.4 is 5.32 Å². The molecular weight excluding hydrogens is 402 g/mol. The van der Waals surface area contributed by atoms with Crippen LogP contribution in [0.3, 0.4) is 0 Å². The Labute approximate surface area is 157 Å². The van der Waals surface area contributed by atoms with Crippen molar-refractivity contribution in [3.8, 4) is 0 Å². The highest BCUT2D eigenvalue weighted by Gasteiger charge is 2.14. The Morgan fingerprint density at radius 1 is 1.15 bits per heavy atom. The number of carbonyl (C=O) groups is 2. The molecule has 0 atom stereocenters. The van der Waals surface area contributed by atoms with E-state index < -0.39 is 5.97 Å². The molecule has 26 heavy (non-hydrogen) atoms. The Bertz CT molecular complexity index is 917. The van der Waals surface area contributed by atoms with Crippen LogP contribution >= 0.6 is 15.9 Å². The van der Waals surface area contributed by atoms with E-state index in [1.165, 1.54) is 10.9 Å². The summed E-state index contributed by atoms with van der Waals surface area (Å²) in [4.78, 5) is 23.1. The van der Waals surface area contributed by atoms with Crippen LogP contribution in [0.2, 0.25) is 0 Å². The van der Waals surface area contributed by atoms with Crippen LogP contribution in [0.1, 0.15) is 22.5 Å². The van der Waals surface area contributed by atoms with Gasteiger partial charge in [-0.25, -0.2) is 0 Å². The van der Waals surface area contributed by atoms with Crippen molar-refractivity contribution in [1.82, 2.24) is 19.6 Å². The highest BCUT2D eigenvalue weighted by atomic mass is 79.9. The van der Waals surface area contributed by atoms with Gasteiger partial charge in [0.05, 0.1) is 31.4 Å². The predicted molar refractivity (Wildman–Crippen MR) is 97.9 cm³/mol. The summed E-state index contributed by atoms with van der Waals surface area (Å²) in [7, 11) is 0. The molecule has 2 aromatic heterocycles. The van der Waals surface area contributed by atoms with Crippen LogP contribution in [-0.4, -0.2) is 36.5 Å². The molecule has 0 aliphatic rings. The fraction of sp³-hybridized carbons (Fsp3) is 0.176. The predicted octanol–water partition coefficient (Wildman–Crippen LogP) is 2.62. The Hall–Kier alpha value is -2.94. The average Bonchev–Trinajstić information content (AvgIpc) is 3.24. The van der Waals surface area contributed by atoms with Crippen LogP contribution in [0.25, 0.3) is 0 Å². The van der Waals surface area contributed by atoms with Gasteiger partial charge in [-0.15, -0.1) is 0 Å². The largest absolute Gasteiger partial charge is 0.481 e. The normalized spacial score (nSPS) is 10.7. The highest BCUT2D eigenvalue weighted by Crippen LogP contribution is 2.13. The lowest BCUT2D eigenvalue weighted by Gasteiger charge is -2.06. The molecule has 0 saturated carbocycles. The molecule has 0 saturated heterocycles. The van der Waals surface area contributed by atoms with Crippen molar-refractivity contribution < 1.29 is 14.7 Å². The van der Waals surface area contributed by atoms with Gasteiger partial charge in [0.15, 0.2) is 0 Å². The summed E-state index contributed by atoms with van der Waals surface area (Å²) in [6.07, 6.45) is 4.66. The standard InChI is InChI=1S/C17H16BrN5O3/c18-13-3-1-12(2-4-13)10-22-11-14(9-20-22)21-17(26)15-5-7-19-23(15)8-6-16(24)25/h1-5,7,9,11H,6,8,10H2,(H,21,26)(H,24,25). The number of aromatic nitrogens is 4. The number of rotatable bonds is 7. The molecule has 0 radical (unpaired) electrons. The summed E-state index contributed by atoms with van der Waals surface area (Å²) in [5.74, 6) is -1.31. The fourth-order valence-corrected chi connectivity index (χ4v) is 2.66. The first-order valence-corrected chi connectivity index (χ1v) is 8.62. The molecule has 0 aliphatic carbocycles. The second-order valence-electron chi connectivity index (χ2n) is 5.59. The van der Waals surface area contributed by atoms with Gasteiger partial charge in [0.25, 0.3) is 5.91 Å². The van der Waals surface area contributed by atoms with E-state index in [2.05, 4.69) is 31.4 Å². The minimum atomic E-state index is -0.943.